The van der Waals surface area contributed by atoms with Crippen LogP contribution in [0, 0.1) is 0 Å². The largest absolute Gasteiger partial charge is 0.307 e. The fourth-order valence-electron chi connectivity index (χ4n) is 9.96. The van der Waals surface area contributed by atoms with Gasteiger partial charge in [0.15, 0.2) is 0 Å². The molecular formula is C56H42N4O2S. The number of hydrogen-bond acceptors (Lipinski definition) is 2. The maximum Gasteiger partial charge on any atom is 0.206 e. The zero-order chi connectivity index (χ0) is 42.4. The highest BCUT2D eigenvalue weighted by molar-refractivity contribution is 7.91. The van der Waals surface area contributed by atoms with Crippen LogP contribution in [0.5, 0.6) is 0 Å². The third kappa shape index (κ3) is 5.52. The molecule has 0 saturated heterocycles. The summed E-state index contributed by atoms with van der Waals surface area (Å²) >= 11 is 0. The molecule has 0 aliphatic carbocycles. The van der Waals surface area contributed by atoms with E-state index in [1.54, 1.807) is 24.3 Å². The minimum Gasteiger partial charge on any atom is -0.307 e. The molecule has 0 radical (unpaired) electrons. The summed E-state index contributed by atoms with van der Waals surface area (Å²) in [6.07, 6.45) is 1.90. The van der Waals surface area contributed by atoms with Gasteiger partial charge in [-0.3, -0.25) is 0 Å². The van der Waals surface area contributed by atoms with Crippen molar-refractivity contribution in [2.24, 2.45) is 0 Å². The Labute approximate surface area is 365 Å². The smallest absolute Gasteiger partial charge is 0.206 e. The molecule has 12 aromatic rings. The summed E-state index contributed by atoms with van der Waals surface area (Å²) < 4.78 is 38.2. The number of sulfone groups is 1. The summed E-state index contributed by atoms with van der Waals surface area (Å²) in [6, 6.07) is 66.3. The fourth-order valence-corrected chi connectivity index (χ4v) is 11.2. The van der Waals surface area contributed by atoms with E-state index < -0.39 is 9.84 Å². The molecule has 0 fully saturated rings. The van der Waals surface area contributed by atoms with Crippen molar-refractivity contribution < 1.29 is 8.42 Å². The molecule has 6 nitrogen and oxygen atoms in total. The summed E-state index contributed by atoms with van der Waals surface area (Å²) in [5, 5.41) is 4.52. The number of rotatable bonds is 8. The Morgan fingerprint density at radius 3 is 0.952 bits per heavy atom. The molecule has 0 N–H and O–H groups in total. The van der Waals surface area contributed by atoms with Gasteiger partial charge in [0.25, 0.3) is 0 Å². The van der Waals surface area contributed by atoms with Gasteiger partial charge in [0.2, 0.25) is 9.84 Å². The van der Waals surface area contributed by atoms with Crippen LogP contribution < -0.4 is 0 Å². The predicted molar refractivity (Wildman–Crippen MR) is 259 cm³/mol. The lowest BCUT2D eigenvalue weighted by atomic mass is 10.1. The third-order valence-electron chi connectivity index (χ3n) is 12.9. The summed E-state index contributed by atoms with van der Waals surface area (Å²) in [4.78, 5) is 0.494. The molecule has 7 heteroatoms. The Bertz CT molecular complexity index is 3620. The van der Waals surface area contributed by atoms with Crippen LogP contribution in [0.25, 0.3) is 88.4 Å². The van der Waals surface area contributed by atoms with Crippen molar-refractivity contribution in [2.45, 2.75) is 36.5 Å². The van der Waals surface area contributed by atoms with Crippen LogP contribution in [0.3, 0.4) is 0 Å². The average Bonchev–Trinajstić information content (AvgIpc) is 4.06. The topological polar surface area (TPSA) is 53.9 Å². The van der Waals surface area contributed by atoms with E-state index in [0.717, 1.165) is 101 Å². The summed E-state index contributed by atoms with van der Waals surface area (Å²) in [5.74, 6) is 0. The van der Waals surface area contributed by atoms with E-state index in [-0.39, 0.29) is 9.79 Å². The number of benzene rings is 8. The molecule has 304 valence electrons. The lowest BCUT2D eigenvalue weighted by Gasteiger charge is -2.11. The van der Waals surface area contributed by atoms with Gasteiger partial charge in [0.05, 0.1) is 53.9 Å². The minimum atomic E-state index is -3.85. The van der Waals surface area contributed by atoms with Crippen LogP contribution in [0.2, 0.25) is 0 Å². The second-order valence-corrected chi connectivity index (χ2v) is 18.3. The Kier molecular flexibility index (Phi) is 8.40. The molecular weight excluding hydrogens is 793 g/mol. The first kappa shape index (κ1) is 37.2. The van der Waals surface area contributed by atoms with E-state index in [4.69, 9.17) is 0 Å². The van der Waals surface area contributed by atoms with E-state index in [9.17, 15) is 8.42 Å². The van der Waals surface area contributed by atoms with Gasteiger partial charge in [0, 0.05) is 44.3 Å². The van der Waals surface area contributed by atoms with Gasteiger partial charge in [-0.25, -0.2) is 8.42 Å². The van der Waals surface area contributed by atoms with Crippen molar-refractivity contribution in [3.05, 3.63) is 205 Å². The van der Waals surface area contributed by atoms with Crippen LogP contribution in [-0.4, -0.2) is 26.7 Å². The Balaban J connectivity index is 0.962. The lowest BCUT2D eigenvalue weighted by Crippen LogP contribution is -2.03. The molecule has 0 saturated carbocycles. The highest BCUT2D eigenvalue weighted by Gasteiger charge is 2.25. The van der Waals surface area contributed by atoms with Crippen molar-refractivity contribution in [1.82, 2.24) is 18.3 Å². The molecule has 12 rings (SSSR count). The molecule has 0 aliphatic rings. The number of fused-ring (bicyclic) bond motifs is 10. The quantitative estimate of drug-likeness (QED) is 0.153. The minimum absolute atomic E-state index is 0.247. The SMILES string of the molecule is CCc1cccc(-n2c3ccccc3c3c2c2ccccc2n3-c2ccc(S(=O)(=O)c3ccc(-n4c5ccccc5c5c4c4ccccc4n5-c4cccc(CC)c4)cc3)cc2)c1. The normalized spacial score (nSPS) is 12.2. The maximum absolute atomic E-state index is 14.4. The number of nitrogens with zero attached hydrogens (tertiary/aromatic N) is 4. The molecule has 0 unspecified atom stereocenters. The first-order valence-corrected chi connectivity index (χ1v) is 23.1. The van der Waals surface area contributed by atoms with Crippen molar-refractivity contribution in [3.8, 4) is 22.7 Å². The third-order valence-corrected chi connectivity index (χ3v) is 14.7. The molecule has 0 spiro atoms. The Hall–Kier alpha value is -7.61. The van der Waals surface area contributed by atoms with Crippen molar-refractivity contribution >= 4 is 75.5 Å². The van der Waals surface area contributed by atoms with Crippen LogP contribution in [0.4, 0.5) is 0 Å². The van der Waals surface area contributed by atoms with Crippen molar-refractivity contribution in [3.63, 3.8) is 0 Å². The van der Waals surface area contributed by atoms with E-state index >= 15 is 0 Å². The molecule has 4 heterocycles. The molecule has 0 aliphatic heterocycles. The van der Waals surface area contributed by atoms with Crippen LogP contribution >= 0.6 is 0 Å². The number of aromatic nitrogens is 4. The zero-order valence-electron chi connectivity index (χ0n) is 34.9. The summed E-state index contributed by atoms with van der Waals surface area (Å²) in [5.41, 5.74) is 15.4. The molecule has 0 bridgehead atoms. The standard InChI is InChI=1S/C56H42N4O2S/c1-3-37-15-13-17-41(35-37)59-51-25-11-7-21-47(51)53-55(59)45-19-5-9-23-49(45)57(53)39-27-31-43(32-28-39)63(61,62)44-33-29-40(30-34-44)58-50-24-10-6-20-46(50)56-54(58)48-22-8-12-26-52(48)60(56)42-18-14-16-38(4-2)36-42/h5-36H,3-4H2,1-2H3. The van der Waals surface area contributed by atoms with E-state index in [0.29, 0.717) is 0 Å². The highest BCUT2D eigenvalue weighted by atomic mass is 32.2. The van der Waals surface area contributed by atoms with Gasteiger partial charge >= 0.3 is 0 Å². The lowest BCUT2D eigenvalue weighted by molar-refractivity contribution is 0.596. The van der Waals surface area contributed by atoms with Gasteiger partial charge in [-0.15, -0.1) is 0 Å². The van der Waals surface area contributed by atoms with Crippen LogP contribution in [-0.2, 0) is 22.7 Å². The van der Waals surface area contributed by atoms with Gasteiger partial charge in [-0.05, 0) is 121 Å². The van der Waals surface area contributed by atoms with Gasteiger partial charge in [-0.2, -0.15) is 0 Å². The van der Waals surface area contributed by atoms with Crippen molar-refractivity contribution in [2.75, 3.05) is 0 Å². The Morgan fingerprint density at radius 2 is 0.635 bits per heavy atom. The first-order valence-electron chi connectivity index (χ1n) is 21.6. The summed E-state index contributed by atoms with van der Waals surface area (Å²) in [6.45, 7) is 4.37. The second-order valence-electron chi connectivity index (χ2n) is 16.3. The molecule has 63 heavy (non-hydrogen) atoms. The predicted octanol–water partition coefficient (Wildman–Crippen LogP) is 13.7. The zero-order valence-corrected chi connectivity index (χ0v) is 35.7. The first-order chi connectivity index (χ1) is 30.9. The van der Waals surface area contributed by atoms with E-state index in [1.807, 2.05) is 24.3 Å². The maximum atomic E-state index is 14.4. The Morgan fingerprint density at radius 1 is 0.333 bits per heavy atom. The second kappa shape index (κ2) is 14.2. The number of hydrogen-bond donors (Lipinski definition) is 0. The highest BCUT2D eigenvalue weighted by Crippen LogP contribution is 2.43. The van der Waals surface area contributed by atoms with Gasteiger partial charge in [0.1, 0.15) is 0 Å². The van der Waals surface area contributed by atoms with Crippen molar-refractivity contribution in [1.29, 1.82) is 0 Å². The van der Waals surface area contributed by atoms with Gasteiger partial charge < -0.3 is 18.3 Å². The van der Waals surface area contributed by atoms with Gasteiger partial charge in [-0.1, -0.05) is 111 Å². The fraction of sp³-hybridized carbons (Fsp3) is 0.0714. The molecule has 4 aromatic heterocycles. The summed E-state index contributed by atoms with van der Waals surface area (Å²) in [7, 11) is -3.85. The molecule has 0 amide bonds. The monoisotopic (exact) mass is 834 g/mol. The van der Waals surface area contributed by atoms with E-state index in [1.165, 1.54) is 11.1 Å². The van der Waals surface area contributed by atoms with Crippen LogP contribution in [0.1, 0.15) is 25.0 Å². The van der Waals surface area contributed by atoms with Crippen LogP contribution in [0.15, 0.2) is 204 Å². The number of para-hydroxylation sites is 4. The molecule has 0 atom stereocenters. The average molecular weight is 835 g/mol. The van der Waals surface area contributed by atoms with E-state index in [2.05, 4.69) is 178 Å². The molecule has 8 aromatic carbocycles. The number of aryl methyl sites for hydroxylation is 2.